The molecule has 2 aromatic heterocycles. The van der Waals surface area contributed by atoms with Gasteiger partial charge in [-0.2, -0.15) is 31.6 Å². The summed E-state index contributed by atoms with van der Waals surface area (Å²) in [6.07, 6.45) is -10.1. The van der Waals surface area contributed by atoms with Crippen LogP contribution in [0.4, 0.5) is 26.3 Å². The first-order valence-electron chi connectivity index (χ1n) is 7.93. The summed E-state index contributed by atoms with van der Waals surface area (Å²) in [5, 5.41) is 8.91. The second-order valence-electron chi connectivity index (χ2n) is 6.13. The number of benzene rings is 1. The predicted molar refractivity (Wildman–Crippen MR) is 88.2 cm³/mol. The lowest BCUT2D eigenvalue weighted by molar-refractivity contribution is -0.144. The average molecular weight is 395 g/mol. The maximum Gasteiger partial charge on any atom is 0.433 e. The zero-order valence-corrected chi connectivity index (χ0v) is 14.2. The fourth-order valence-corrected chi connectivity index (χ4v) is 2.73. The van der Waals surface area contributed by atoms with Gasteiger partial charge in [-0.05, 0) is 30.7 Å². The molecule has 0 fully saturated rings. The summed E-state index contributed by atoms with van der Waals surface area (Å²) >= 11 is 0. The highest BCUT2D eigenvalue weighted by Crippen LogP contribution is 2.38. The predicted octanol–water partition coefficient (Wildman–Crippen LogP) is 5.63. The average Bonchev–Trinajstić information content (AvgIpc) is 2.61. The zero-order valence-electron chi connectivity index (χ0n) is 14.2. The van der Waals surface area contributed by atoms with E-state index < -0.39 is 40.6 Å². The maximum atomic E-state index is 13.2. The van der Waals surface area contributed by atoms with E-state index in [0.717, 1.165) is 11.6 Å². The van der Waals surface area contributed by atoms with Crippen molar-refractivity contribution in [2.45, 2.75) is 25.2 Å². The van der Waals surface area contributed by atoms with E-state index in [9.17, 15) is 31.6 Å². The second kappa shape index (κ2) is 6.78. The van der Waals surface area contributed by atoms with Gasteiger partial charge < -0.3 is 0 Å². The summed E-state index contributed by atoms with van der Waals surface area (Å²) in [6.45, 7) is 1.83. The minimum Gasteiger partial charge on any atom is -0.231 e. The number of fused-ring (bicyclic) bond motifs is 1. The van der Waals surface area contributed by atoms with Gasteiger partial charge in [0.2, 0.25) is 0 Å². The SMILES string of the molecule is Cc1ccc([C@@H](C#N)c2ccc3c(C(F)(F)F)cc(C(F)(F)F)nc3n2)cc1. The van der Waals surface area contributed by atoms with Crippen LogP contribution in [0.25, 0.3) is 11.0 Å². The quantitative estimate of drug-likeness (QED) is 0.529. The van der Waals surface area contributed by atoms with Crippen molar-refractivity contribution in [1.29, 1.82) is 5.26 Å². The molecule has 0 aliphatic carbocycles. The van der Waals surface area contributed by atoms with Gasteiger partial charge in [-0.3, -0.25) is 0 Å². The third kappa shape index (κ3) is 3.76. The van der Waals surface area contributed by atoms with Crippen molar-refractivity contribution < 1.29 is 26.3 Å². The summed E-state index contributed by atoms with van der Waals surface area (Å²) in [6, 6.07) is 10.9. The van der Waals surface area contributed by atoms with E-state index in [0.29, 0.717) is 5.56 Å². The first-order chi connectivity index (χ1) is 13.0. The maximum absolute atomic E-state index is 13.2. The topological polar surface area (TPSA) is 49.6 Å². The fraction of sp³-hybridized carbons (Fsp3) is 0.211. The Hall–Kier alpha value is -3.15. The molecule has 28 heavy (non-hydrogen) atoms. The number of hydrogen-bond acceptors (Lipinski definition) is 3. The van der Waals surface area contributed by atoms with Crippen LogP contribution in [-0.2, 0) is 12.4 Å². The molecule has 9 heteroatoms. The number of rotatable bonds is 2. The summed E-state index contributed by atoms with van der Waals surface area (Å²) in [5.41, 5.74) is -2.43. The molecule has 1 aromatic carbocycles. The first kappa shape index (κ1) is 19.6. The van der Waals surface area contributed by atoms with Gasteiger partial charge in [0.05, 0.1) is 17.3 Å². The smallest absolute Gasteiger partial charge is 0.231 e. The van der Waals surface area contributed by atoms with E-state index in [1.807, 2.05) is 13.0 Å². The number of hydrogen-bond donors (Lipinski definition) is 0. The lowest BCUT2D eigenvalue weighted by atomic mass is 9.95. The van der Waals surface area contributed by atoms with Crippen LogP contribution >= 0.6 is 0 Å². The van der Waals surface area contributed by atoms with Crippen LogP contribution in [0.5, 0.6) is 0 Å². The van der Waals surface area contributed by atoms with Crippen molar-refractivity contribution in [3.63, 3.8) is 0 Å². The molecule has 0 aliphatic heterocycles. The summed E-state index contributed by atoms with van der Waals surface area (Å²) in [7, 11) is 0. The number of aryl methyl sites for hydroxylation is 1. The second-order valence-corrected chi connectivity index (χ2v) is 6.13. The Balaban J connectivity index is 2.22. The molecule has 1 atom stereocenters. The number of nitrogens with zero attached hydrogens (tertiary/aromatic N) is 3. The lowest BCUT2D eigenvalue weighted by Gasteiger charge is -2.15. The Morgan fingerprint density at radius 1 is 0.893 bits per heavy atom. The molecular formula is C19H11F6N3. The van der Waals surface area contributed by atoms with E-state index in [-0.39, 0.29) is 11.8 Å². The Morgan fingerprint density at radius 2 is 1.54 bits per heavy atom. The zero-order chi connectivity index (χ0) is 20.7. The van der Waals surface area contributed by atoms with Gasteiger partial charge in [0.1, 0.15) is 11.6 Å². The molecule has 0 spiro atoms. The molecule has 3 aromatic rings. The number of aromatic nitrogens is 2. The molecule has 3 rings (SSSR count). The van der Waals surface area contributed by atoms with Crippen LogP contribution in [0.1, 0.15) is 34.0 Å². The van der Waals surface area contributed by atoms with E-state index in [1.54, 1.807) is 24.3 Å². The number of nitriles is 1. The summed E-state index contributed by atoms with van der Waals surface area (Å²) < 4.78 is 78.7. The summed E-state index contributed by atoms with van der Waals surface area (Å²) in [5.74, 6) is -0.962. The van der Waals surface area contributed by atoms with Crippen molar-refractivity contribution in [1.82, 2.24) is 9.97 Å². The van der Waals surface area contributed by atoms with Gasteiger partial charge in [0.25, 0.3) is 0 Å². The minimum absolute atomic E-state index is 0.0128. The molecular weight excluding hydrogens is 384 g/mol. The van der Waals surface area contributed by atoms with Crippen LogP contribution in [0.15, 0.2) is 42.5 Å². The van der Waals surface area contributed by atoms with Crippen molar-refractivity contribution >= 4 is 11.0 Å². The fourth-order valence-electron chi connectivity index (χ4n) is 2.73. The van der Waals surface area contributed by atoms with Crippen LogP contribution < -0.4 is 0 Å². The van der Waals surface area contributed by atoms with E-state index >= 15 is 0 Å². The molecule has 3 nitrogen and oxygen atoms in total. The van der Waals surface area contributed by atoms with Gasteiger partial charge in [-0.15, -0.1) is 0 Å². The third-order valence-corrected chi connectivity index (χ3v) is 4.13. The molecule has 2 heterocycles. The molecule has 0 amide bonds. The van der Waals surface area contributed by atoms with Gasteiger partial charge in [-0.25, -0.2) is 9.97 Å². The van der Waals surface area contributed by atoms with Crippen molar-refractivity contribution in [3.05, 3.63) is 70.5 Å². The highest BCUT2D eigenvalue weighted by atomic mass is 19.4. The van der Waals surface area contributed by atoms with E-state index in [4.69, 9.17) is 0 Å². The largest absolute Gasteiger partial charge is 0.433 e. The Morgan fingerprint density at radius 3 is 2.07 bits per heavy atom. The normalized spacial score (nSPS) is 13.4. The molecule has 0 bridgehead atoms. The van der Waals surface area contributed by atoms with Gasteiger partial charge in [0, 0.05) is 5.39 Å². The standard InChI is InChI=1S/C19H11F6N3/c1-10-2-4-11(5-3-10)13(9-26)15-7-6-12-14(18(20,21)22)8-16(19(23,24)25)28-17(12)27-15/h2-8,13H,1H3/t13-/m1/s1. The molecule has 0 unspecified atom stereocenters. The van der Waals surface area contributed by atoms with Crippen LogP contribution in [0.3, 0.4) is 0 Å². The van der Waals surface area contributed by atoms with Crippen molar-refractivity contribution in [2.24, 2.45) is 0 Å². The number of pyridine rings is 2. The molecule has 0 radical (unpaired) electrons. The van der Waals surface area contributed by atoms with E-state index in [1.165, 1.54) is 6.07 Å². The van der Waals surface area contributed by atoms with E-state index in [2.05, 4.69) is 9.97 Å². The molecule has 0 aliphatic rings. The highest BCUT2D eigenvalue weighted by molar-refractivity contribution is 5.80. The lowest BCUT2D eigenvalue weighted by Crippen LogP contribution is -2.14. The first-order valence-corrected chi connectivity index (χ1v) is 7.93. The molecule has 144 valence electrons. The highest BCUT2D eigenvalue weighted by Gasteiger charge is 2.39. The van der Waals surface area contributed by atoms with Gasteiger partial charge in [-0.1, -0.05) is 29.8 Å². The van der Waals surface area contributed by atoms with Crippen LogP contribution in [-0.4, -0.2) is 9.97 Å². The minimum atomic E-state index is -5.07. The summed E-state index contributed by atoms with van der Waals surface area (Å²) in [4.78, 5) is 7.12. The van der Waals surface area contributed by atoms with Crippen LogP contribution in [0, 0.1) is 18.3 Å². The molecule has 0 saturated heterocycles. The number of halogens is 6. The molecule has 0 N–H and O–H groups in total. The third-order valence-electron chi connectivity index (χ3n) is 4.13. The Labute approximate surface area is 155 Å². The van der Waals surface area contributed by atoms with Crippen LogP contribution in [0.2, 0.25) is 0 Å². The number of alkyl halides is 6. The van der Waals surface area contributed by atoms with Gasteiger partial charge in [0.15, 0.2) is 5.65 Å². The van der Waals surface area contributed by atoms with Crippen molar-refractivity contribution in [2.75, 3.05) is 0 Å². The van der Waals surface area contributed by atoms with Crippen molar-refractivity contribution in [3.8, 4) is 6.07 Å². The monoisotopic (exact) mass is 395 g/mol. The molecule has 0 saturated carbocycles. The Bertz CT molecular complexity index is 1060. The Kier molecular flexibility index (Phi) is 4.75. The van der Waals surface area contributed by atoms with Gasteiger partial charge >= 0.3 is 12.4 Å².